The largest absolute Gasteiger partial charge is 0.494 e. The first-order valence-electron chi connectivity index (χ1n) is 9.49. The molecule has 0 aliphatic heterocycles. The first-order valence-corrected chi connectivity index (χ1v) is 9.49. The maximum Gasteiger partial charge on any atom is 0.337 e. The second-order valence-corrected chi connectivity index (χ2v) is 6.67. The molecule has 0 spiro atoms. The van der Waals surface area contributed by atoms with Crippen LogP contribution in [0, 0.1) is 6.92 Å². The maximum absolute atomic E-state index is 11.8. The number of nitrogens with zero attached hydrogens (tertiary/aromatic N) is 3. The third-order valence-electron chi connectivity index (χ3n) is 4.81. The number of esters is 1. The van der Waals surface area contributed by atoms with Crippen molar-refractivity contribution < 1.29 is 23.4 Å². The van der Waals surface area contributed by atoms with Crippen molar-refractivity contribution in [3.05, 3.63) is 65.9 Å². The number of aryl methyl sites for hydroxylation is 1. The van der Waals surface area contributed by atoms with E-state index >= 15 is 0 Å². The summed E-state index contributed by atoms with van der Waals surface area (Å²) >= 11 is 0. The number of aromatic nitrogens is 3. The van der Waals surface area contributed by atoms with E-state index in [1.165, 1.54) is 7.11 Å². The third kappa shape index (κ3) is 3.63. The summed E-state index contributed by atoms with van der Waals surface area (Å²) in [6.07, 6.45) is 0. The molecule has 0 fully saturated rings. The van der Waals surface area contributed by atoms with Gasteiger partial charge in [-0.05, 0) is 43.3 Å². The van der Waals surface area contributed by atoms with Gasteiger partial charge in [0.1, 0.15) is 22.9 Å². The molecule has 4 rings (SSSR count). The highest BCUT2D eigenvalue weighted by Gasteiger charge is 2.24. The van der Waals surface area contributed by atoms with E-state index in [1.54, 1.807) is 38.5 Å². The van der Waals surface area contributed by atoms with Crippen molar-refractivity contribution in [3.63, 3.8) is 0 Å². The van der Waals surface area contributed by atoms with E-state index in [2.05, 4.69) is 10.2 Å². The van der Waals surface area contributed by atoms with E-state index in [0.717, 1.165) is 11.3 Å². The standard InChI is InChI=1S/C23H21N3O5/c1-14-8-13-19(31-14)22-25-24-21(15-9-11-16(12-10-15)23(27)30-4)26(22)20-17(28-2)6-5-7-18(20)29-3/h5-13H,1-4H3. The summed E-state index contributed by atoms with van der Waals surface area (Å²) in [5, 5.41) is 8.81. The molecule has 0 aliphatic carbocycles. The van der Waals surface area contributed by atoms with Crippen LogP contribution in [-0.2, 0) is 4.74 Å². The Kier molecular flexibility index (Phi) is 5.44. The number of ether oxygens (including phenoxy) is 3. The van der Waals surface area contributed by atoms with Gasteiger partial charge in [0.15, 0.2) is 11.6 Å². The van der Waals surface area contributed by atoms with Crippen molar-refractivity contribution >= 4 is 5.97 Å². The monoisotopic (exact) mass is 419 g/mol. The Labute approximate surface area is 179 Å². The van der Waals surface area contributed by atoms with Gasteiger partial charge in [0.25, 0.3) is 0 Å². The van der Waals surface area contributed by atoms with Crippen molar-refractivity contribution in [1.29, 1.82) is 0 Å². The molecule has 31 heavy (non-hydrogen) atoms. The molecule has 0 aliphatic rings. The van der Waals surface area contributed by atoms with E-state index in [4.69, 9.17) is 18.6 Å². The van der Waals surface area contributed by atoms with Crippen LogP contribution in [0.4, 0.5) is 0 Å². The minimum Gasteiger partial charge on any atom is -0.494 e. The lowest BCUT2D eigenvalue weighted by Crippen LogP contribution is -2.05. The van der Waals surface area contributed by atoms with Crippen molar-refractivity contribution in [2.75, 3.05) is 21.3 Å². The second kappa shape index (κ2) is 8.35. The Morgan fingerprint density at radius 2 is 1.52 bits per heavy atom. The first kappa shape index (κ1) is 20.2. The van der Waals surface area contributed by atoms with Crippen LogP contribution in [0.3, 0.4) is 0 Å². The number of carbonyl (C=O) groups excluding carboxylic acids is 1. The summed E-state index contributed by atoms with van der Waals surface area (Å²) in [6.45, 7) is 1.86. The van der Waals surface area contributed by atoms with Gasteiger partial charge in [-0.3, -0.25) is 4.57 Å². The smallest absolute Gasteiger partial charge is 0.337 e. The van der Waals surface area contributed by atoms with Gasteiger partial charge in [-0.15, -0.1) is 10.2 Å². The fourth-order valence-corrected chi connectivity index (χ4v) is 3.32. The molecule has 158 valence electrons. The molecule has 0 saturated carbocycles. The lowest BCUT2D eigenvalue weighted by atomic mass is 10.1. The van der Waals surface area contributed by atoms with Gasteiger partial charge in [0, 0.05) is 5.56 Å². The minimum atomic E-state index is -0.411. The van der Waals surface area contributed by atoms with Crippen LogP contribution < -0.4 is 9.47 Å². The number of benzene rings is 2. The summed E-state index contributed by atoms with van der Waals surface area (Å²) < 4.78 is 23.7. The topological polar surface area (TPSA) is 88.6 Å². The molecule has 8 heteroatoms. The van der Waals surface area contributed by atoms with Crippen LogP contribution >= 0.6 is 0 Å². The van der Waals surface area contributed by atoms with E-state index in [9.17, 15) is 4.79 Å². The summed E-state index contributed by atoms with van der Waals surface area (Å²) in [4.78, 5) is 11.8. The van der Waals surface area contributed by atoms with Crippen LogP contribution in [0.25, 0.3) is 28.7 Å². The summed E-state index contributed by atoms with van der Waals surface area (Å²) in [5.41, 5.74) is 1.81. The Hall–Kier alpha value is -4.07. The zero-order valence-corrected chi connectivity index (χ0v) is 17.6. The third-order valence-corrected chi connectivity index (χ3v) is 4.81. The lowest BCUT2D eigenvalue weighted by molar-refractivity contribution is 0.0600. The fourth-order valence-electron chi connectivity index (χ4n) is 3.32. The van der Waals surface area contributed by atoms with Crippen LogP contribution in [0.15, 0.2) is 59.0 Å². The predicted molar refractivity (Wildman–Crippen MR) is 114 cm³/mol. The van der Waals surface area contributed by atoms with Crippen molar-refractivity contribution in [2.45, 2.75) is 6.92 Å². The number of rotatable bonds is 6. The van der Waals surface area contributed by atoms with Crippen LogP contribution in [0.5, 0.6) is 11.5 Å². The lowest BCUT2D eigenvalue weighted by Gasteiger charge is -2.17. The van der Waals surface area contributed by atoms with E-state index in [1.807, 2.05) is 41.8 Å². The van der Waals surface area contributed by atoms with Crippen LogP contribution in [0.1, 0.15) is 16.1 Å². The van der Waals surface area contributed by atoms with Gasteiger partial charge in [-0.2, -0.15) is 0 Å². The summed E-state index contributed by atoms with van der Waals surface area (Å²) in [7, 11) is 4.52. The van der Waals surface area contributed by atoms with Crippen molar-refractivity contribution in [3.8, 4) is 40.2 Å². The van der Waals surface area contributed by atoms with Crippen molar-refractivity contribution in [1.82, 2.24) is 14.8 Å². The quantitative estimate of drug-likeness (QED) is 0.430. The second-order valence-electron chi connectivity index (χ2n) is 6.67. The van der Waals surface area contributed by atoms with Gasteiger partial charge in [-0.25, -0.2) is 4.79 Å². The molecular formula is C23H21N3O5. The zero-order valence-electron chi connectivity index (χ0n) is 17.6. The maximum atomic E-state index is 11.8. The normalized spacial score (nSPS) is 10.7. The van der Waals surface area contributed by atoms with E-state index < -0.39 is 5.97 Å². The van der Waals surface area contributed by atoms with Gasteiger partial charge in [0.05, 0.1) is 26.9 Å². The number of para-hydroxylation sites is 1. The highest BCUT2D eigenvalue weighted by Crippen LogP contribution is 2.38. The fraction of sp³-hybridized carbons (Fsp3) is 0.174. The molecule has 0 saturated heterocycles. The number of carbonyl (C=O) groups is 1. The van der Waals surface area contributed by atoms with Crippen LogP contribution in [-0.4, -0.2) is 42.1 Å². The molecule has 4 aromatic rings. The molecule has 2 heterocycles. The van der Waals surface area contributed by atoms with E-state index in [0.29, 0.717) is 40.2 Å². The summed E-state index contributed by atoms with van der Waals surface area (Å²) in [5.74, 6) is 3.07. The number of hydrogen-bond donors (Lipinski definition) is 0. The molecular weight excluding hydrogens is 398 g/mol. The molecule has 0 atom stereocenters. The van der Waals surface area contributed by atoms with Gasteiger partial charge in [0.2, 0.25) is 5.82 Å². The molecule has 8 nitrogen and oxygen atoms in total. The average Bonchev–Trinajstić information content (AvgIpc) is 3.44. The van der Waals surface area contributed by atoms with Crippen LogP contribution in [0.2, 0.25) is 0 Å². The molecule has 0 unspecified atom stereocenters. The molecule has 0 N–H and O–H groups in total. The SMILES string of the molecule is COC(=O)c1ccc(-c2nnc(-c3ccc(C)o3)n2-c2c(OC)cccc2OC)cc1. The number of methoxy groups -OCH3 is 3. The molecule has 0 amide bonds. The molecule has 0 bridgehead atoms. The Morgan fingerprint density at radius 1 is 0.871 bits per heavy atom. The molecule has 0 radical (unpaired) electrons. The van der Waals surface area contributed by atoms with Gasteiger partial charge >= 0.3 is 5.97 Å². The molecule has 2 aromatic carbocycles. The predicted octanol–water partition coefficient (Wildman–Crippen LogP) is 4.31. The Morgan fingerprint density at radius 3 is 2.06 bits per heavy atom. The van der Waals surface area contributed by atoms with Gasteiger partial charge in [-0.1, -0.05) is 18.2 Å². The Balaban J connectivity index is 1.97. The molecule has 2 aromatic heterocycles. The average molecular weight is 419 g/mol. The van der Waals surface area contributed by atoms with Crippen molar-refractivity contribution in [2.24, 2.45) is 0 Å². The number of furan rings is 1. The number of hydrogen-bond acceptors (Lipinski definition) is 7. The van der Waals surface area contributed by atoms with Gasteiger partial charge < -0.3 is 18.6 Å². The first-order chi connectivity index (χ1) is 15.1. The summed E-state index contributed by atoms with van der Waals surface area (Å²) in [6, 6.07) is 16.1. The minimum absolute atomic E-state index is 0.411. The highest BCUT2D eigenvalue weighted by atomic mass is 16.5. The Bertz CT molecular complexity index is 1200. The van der Waals surface area contributed by atoms with E-state index in [-0.39, 0.29) is 0 Å². The zero-order chi connectivity index (χ0) is 22.0. The highest BCUT2D eigenvalue weighted by molar-refractivity contribution is 5.89.